The first-order chi connectivity index (χ1) is 12.7. The van der Waals surface area contributed by atoms with Gasteiger partial charge < -0.3 is 19.3 Å². The SMILES string of the molecule is CCN(C(=O)COCCOC)c1ccc2c(c1)N(CC1=CCC=N1)CC2. The monoisotopic (exact) mass is 357 g/mol. The van der Waals surface area contributed by atoms with Crippen molar-refractivity contribution < 1.29 is 14.3 Å². The Morgan fingerprint density at radius 3 is 2.96 bits per heavy atom. The molecule has 2 heterocycles. The van der Waals surface area contributed by atoms with E-state index in [1.54, 1.807) is 12.0 Å². The second-order valence-electron chi connectivity index (χ2n) is 6.41. The van der Waals surface area contributed by atoms with Gasteiger partial charge in [0.15, 0.2) is 0 Å². The summed E-state index contributed by atoms with van der Waals surface area (Å²) in [6.45, 7) is 5.40. The number of rotatable bonds is 9. The Bertz CT molecular complexity index is 700. The van der Waals surface area contributed by atoms with Gasteiger partial charge in [-0.25, -0.2) is 0 Å². The average Bonchev–Trinajstić information content (AvgIpc) is 3.30. The number of amides is 1. The molecule has 1 amide bonds. The van der Waals surface area contributed by atoms with Crippen LogP contribution in [0.1, 0.15) is 18.9 Å². The average molecular weight is 357 g/mol. The van der Waals surface area contributed by atoms with E-state index in [1.165, 1.54) is 11.3 Å². The highest BCUT2D eigenvalue weighted by Crippen LogP contribution is 2.33. The number of fused-ring (bicyclic) bond motifs is 1. The Balaban J connectivity index is 1.69. The smallest absolute Gasteiger partial charge is 0.252 e. The van der Waals surface area contributed by atoms with Gasteiger partial charge in [-0.1, -0.05) is 12.1 Å². The van der Waals surface area contributed by atoms with Crippen molar-refractivity contribution in [1.82, 2.24) is 0 Å². The predicted octanol–water partition coefficient (Wildman–Crippen LogP) is 2.42. The van der Waals surface area contributed by atoms with Gasteiger partial charge in [0.1, 0.15) is 6.61 Å². The number of allylic oxidation sites excluding steroid dienone is 1. The molecule has 2 aliphatic rings. The van der Waals surface area contributed by atoms with E-state index < -0.39 is 0 Å². The summed E-state index contributed by atoms with van der Waals surface area (Å²) in [7, 11) is 1.62. The molecule has 2 aliphatic heterocycles. The molecule has 0 bridgehead atoms. The summed E-state index contributed by atoms with van der Waals surface area (Å²) in [5, 5.41) is 0. The Morgan fingerprint density at radius 2 is 2.23 bits per heavy atom. The van der Waals surface area contributed by atoms with Crippen molar-refractivity contribution >= 4 is 23.5 Å². The molecular weight excluding hydrogens is 330 g/mol. The molecule has 0 saturated heterocycles. The highest BCUT2D eigenvalue weighted by molar-refractivity contribution is 5.95. The van der Waals surface area contributed by atoms with Crippen LogP contribution in [-0.2, 0) is 20.7 Å². The van der Waals surface area contributed by atoms with Crippen LogP contribution in [0.15, 0.2) is 35.0 Å². The number of aliphatic imine (C=N–C) groups is 1. The van der Waals surface area contributed by atoms with E-state index >= 15 is 0 Å². The van der Waals surface area contributed by atoms with Gasteiger partial charge in [-0.3, -0.25) is 9.79 Å². The van der Waals surface area contributed by atoms with Crippen molar-refractivity contribution in [3.8, 4) is 0 Å². The lowest BCUT2D eigenvalue weighted by Crippen LogP contribution is -2.34. The Kier molecular flexibility index (Phi) is 6.41. The molecule has 0 spiro atoms. The maximum Gasteiger partial charge on any atom is 0.252 e. The van der Waals surface area contributed by atoms with E-state index in [0.29, 0.717) is 19.8 Å². The third kappa shape index (κ3) is 4.31. The fraction of sp³-hybridized carbons (Fsp3) is 0.500. The van der Waals surface area contributed by atoms with Crippen LogP contribution in [0.3, 0.4) is 0 Å². The molecule has 140 valence electrons. The summed E-state index contributed by atoms with van der Waals surface area (Å²) in [5.74, 6) is -0.0313. The van der Waals surface area contributed by atoms with Crippen LogP contribution < -0.4 is 9.80 Å². The van der Waals surface area contributed by atoms with E-state index in [4.69, 9.17) is 9.47 Å². The van der Waals surface area contributed by atoms with Gasteiger partial charge in [0.05, 0.1) is 25.5 Å². The van der Waals surface area contributed by atoms with Gasteiger partial charge in [0.2, 0.25) is 0 Å². The summed E-state index contributed by atoms with van der Waals surface area (Å²) in [6.07, 6.45) is 6.08. The zero-order chi connectivity index (χ0) is 18.4. The number of anilines is 2. The first-order valence-corrected chi connectivity index (χ1v) is 9.19. The molecule has 1 aromatic rings. The van der Waals surface area contributed by atoms with Crippen LogP contribution >= 0.6 is 0 Å². The van der Waals surface area contributed by atoms with Gasteiger partial charge in [0.25, 0.3) is 5.91 Å². The zero-order valence-electron chi connectivity index (χ0n) is 15.6. The Hall–Kier alpha value is -2.18. The van der Waals surface area contributed by atoms with Crippen LogP contribution in [0.25, 0.3) is 0 Å². The number of nitrogens with zero attached hydrogens (tertiary/aromatic N) is 3. The second kappa shape index (κ2) is 8.96. The molecule has 0 fully saturated rings. The van der Waals surface area contributed by atoms with Gasteiger partial charge >= 0.3 is 0 Å². The van der Waals surface area contributed by atoms with E-state index in [-0.39, 0.29) is 12.5 Å². The number of hydrogen-bond donors (Lipinski definition) is 0. The number of benzene rings is 1. The minimum Gasteiger partial charge on any atom is -0.382 e. The van der Waals surface area contributed by atoms with Gasteiger partial charge in [-0.2, -0.15) is 0 Å². The largest absolute Gasteiger partial charge is 0.382 e. The molecule has 0 aromatic heterocycles. The fourth-order valence-electron chi connectivity index (χ4n) is 3.36. The maximum atomic E-state index is 12.5. The maximum absolute atomic E-state index is 12.5. The molecule has 0 radical (unpaired) electrons. The third-order valence-corrected chi connectivity index (χ3v) is 4.72. The fourth-order valence-corrected chi connectivity index (χ4v) is 3.36. The summed E-state index contributed by atoms with van der Waals surface area (Å²) in [6, 6.07) is 6.29. The van der Waals surface area contributed by atoms with Crippen LogP contribution in [-0.4, -0.2) is 58.7 Å². The van der Waals surface area contributed by atoms with Crippen molar-refractivity contribution in [3.05, 3.63) is 35.5 Å². The molecule has 0 atom stereocenters. The van der Waals surface area contributed by atoms with E-state index in [0.717, 1.165) is 37.3 Å². The molecule has 26 heavy (non-hydrogen) atoms. The molecule has 0 unspecified atom stereocenters. The van der Waals surface area contributed by atoms with Gasteiger partial charge in [0, 0.05) is 44.2 Å². The quantitative estimate of drug-likeness (QED) is 0.637. The second-order valence-corrected chi connectivity index (χ2v) is 6.41. The Labute approximate surface area is 155 Å². The van der Waals surface area contributed by atoms with Crippen molar-refractivity contribution in [2.45, 2.75) is 19.8 Å². The number of methoxy groups -OCH3 is 1. The topological polar surface area (TPSA) is 54.4 Å². The molecular formula is C20H27N3O3. The molecule has 0 aliphatic carbocycles. The van der Waals surface area contributed by atoms with E-state index in [1.807, 2.05) is 19.2 Å². The van der Waals surface area contributed by atoms with Crippen molar-refractivity contribution in [2.75, 3.05) is 56.4 Å². The third-order valence-electron chi connectivity index (χ3n) is 4.72. The lowest BCUT2D eigenvalue weighted by molar-refractivity contribution is -0.123. The first-order valence-electron chi connectivity index (χ1n) is 9.19. The van der Waals surface area contributed by atoms with Crippen LogP contribution in [0.4, 0.5) is 11.4 Å². The van der Waals surface area contributed by atoms with Crippen molar-refractivity contribution in [3.63, 3.8) is 0 Å². The molecule has 3 rings (SSSR count). The van der Waals surface area contributed by atoms with Gasteiger partial charge in [-0.15, -0.1) is 0 Å². The first kappa shape index (κ1) is 18.6. The van der Waals surface area contributed by atoms with Gasteiger partial charge in [-0.05, 0) is 31.0 Å². The van der Waals surface area contributed by atoms with E-state index in [9.17, 15) is 4.79 Å². The predicted molar refractivity (Wildman–Crippen MR) is 104 cm³/mol. The summed E-state index contributed by atoms with van der Waals surface area (Å²) in [5.41, 5.74) is 4.58. The van der Waals surface area contributed by atoms with Crippen LogP contribution in [0.2, 0.25) is 0 Å². The van der Waals surface area contributed by atoms with E-state index in [2.05, 4.69) is 28.1 Å². The molecule has 1 aromatic carbocycles. The van der Waals surface area contributed by atoms with Crippen LogP contribution in [0.5, 0.6) is 0 Å². The number of carbonyl (C=O) groups is 1. The van der Waals surface area contributed by atoms with Crippen LogP contribution in [0, 0.1) is 0 Å². The highest BCUT2D eigenvalue weighted by Gasteiger charge is 2.23. The minimum atomic E-state index is -0.0313. The minimum absolute atomic E-state index is 0.0313. The lowest BCUT2D eigenvalue weighted by atomic mass is 10.1. The summed E-state index contributed by atoms with van der Waals surface area (Å²) in [4.78, 5) is 21.1. The number of carbonyl (C=O) groups excluding carboxylic acids is 1. The molecule has 6 heteroatoms. The number of ether oxygens (including phenoxy) is 2. The Morgan fingerprint density at radius 1 is 1.35 bits per heavy atom. The number of likely N-dealkylation sites (N-methyl/N-ethyl adjacent to an activating group) is 1. The zero-order valence-corrected chi connectivity index (χ0v) is 15.6. The highest BCUT2D eigenvalue weighted by atomic mass is 16.5. The standard InChI is InChI=1S/C20H27N3O3/c1-3-23(20(24)15-26-12-11-25-2)18-7-6-16-8-10-22(19(16)13-18)14-17-5-4-9-21-17/h5-7,9,13H,3-4,8,10-12,14-15H2,1-2H3. The molecule has 0 saturated carbocycles. The van der Waals surface area contributed by atoms with Crippen molar-refractivity contribution in [1.29, 1.82) is 0 Å². The van der Waals surface area contributed by atoms with Crippen molar-refractivity contribution in [2.24, 2.45) is 4.99 Å². The normalized spacial score (nSPS) is 15.3. The molecule has 6 nitrogen and oxygen atoms in total. The molecule has 0 N–H and O–H groups in total. The lowest BCUT2D eigenvalue weighted by Gasteiger charge is -2.24. The number of hydrogen-bond acceptors (Lipinski definition) is 5. The summed E-state index contributed by atoms with van der Waals surface area (Å²) < 4.78 is 10.3. The summed E-state index contributed by atoms with van der Waals surface area (Å²) >= 11 is 0.